The van der Waals surface area contributed by atoms with Gasteiger partial charge in [0.15, 0.2) is 0 Å². The lowest BCUT2D eigenvalue weighted by atomic mass is 10.1. The van der Waals surface area contributed by atoms with E-state index in [1.807, 2.05) is 0 Å². The Labute approximate surface area is 44.7 Å². The molecule has 0 amide bonds. The van der Waals surface area contributed by atoms with Gasteiger partial charge in [-0.15, -0.1) is 0 Å². The van der Waals surface area contributed by atoms with Gasteiger partial charge in [-0.3, -0.25) is 0 Å². The first-order valence-electron chi connectivity index (χ1n) is 2.92. The molecule has 1 rings (SSSR count). The van der Waals surface area contributed by atoms with Gasteiger partial charge in [-0.25, -0.2) is 0 Å². The predicted molar refractivity (Wildman–Crippen MR) is 29.2 cm³/mol. The molecular formula is C6H12O. The number of hydrogen-bond acceptors (Lipinski definition) is 1. The lowest BCUT2D eigenvalue weighted by Crippen LogP contribution is -2.05. The molecule has 0 aliphatic carbocycles. The van der Waals surface area contributed by atoms with E-state index in [0.717, 1.165) is 12.5 Å². The van der Waals surface area contributed by atoms with Gasteiger partial charge in [0, 0.05) is 6.61 Å². The highest BCUT2D eigenvalue weighted by atomic mass is 16.5. The molecule has 42 valence electrons. The van der Waals surface area contributed by atoms with Crippen LogP contribution in [0, 0.1) is 5.92 Å². The quantitative estimate of drug-likeness (QED) is 0.447. The Morgan fingerprint density at radius 1 is 1.43 bits per heavy atom. The van der Waals surface area contributed by atoms with Crippen LogP contribution in [0.1, 0.15) is 20.3 Å². The van der Waals surface area contributed by atoms with Gasteiger partial charge in [-0.2, -0.15) is 0 Å². The Kier molecular flexibility index (Phi) is 1.33. The Bertz CT molecular complexity index is 53.2. The Morgan fingerprint density at radius 2 is 2.14 bits per heavy atom. The molecule has 1 saturated heterocycles. The molecule has 0 aromatic rings. The minimum Gasteiger partial charge on any atom is -0.378 e. The zero-order chi connectivity index (χ0) is 5.28. The van der Waals surface area contributed by atoms with Gasteiger partial charge in [0.1, 0.15) is 0 Å². The molecule has 0 radical (unpaired) electrons. The molecule has 0 bridgehead atoms. The predicted octanol–water partition coefficient (Wildman–Crippen LogP) is 1.43. The standard InChI is InChI=1S/C6H12O/c1-5-3-4-7-6(5)2/h5-6H,3-4H2,1-2H3/t5?,6-/m0/s1. The molecule has 0 aromatic heterocycles. The Hall–Kier alpha value is -0.0400. The fraction of sp³-hybridized carbons (Fsp3) is 1.00. The summed E-state index contributed by atoms with van der Waals surface area (Å²) in [7, 11) is 0. The molecule has 0 aromatic carbocycles. The van der Waals surface area contributed by atoms with Crippen LogP contribution in [-0.2, 0) is 4.74 Å². The van der Waals surface area contributed by atoms with Crippen LogP contribution in [-0.4, -0.2) is 12.7 Å². The molecule has 2 atom stereocenters. The van der Waals surface area contributed by atoms with Gasteiger partial charge < -0.3 is 4.74 Å². The van der Waals surface area contributed by atoms with Crippen LogP contribution in [0.4, 0.5) is 0 Å². The van der Waals surface area contributed by atoms with Crippen LogP contribution < -0.4 is 0 Å². The van der Waals surface area contributed by atoms with Crippen LogP contribution in [0.15, 0.2) is 0 Å². The van der Waals surface area contributed by atoms with Crippen molar-refractivity contribution in [3.63, 3.8) is 0 Å². The maximum Gasteiger partial charge on any atom is 0.0573 e. The van der Waals surface area contributed by atoms with Gasteiger partial charge >= 0.3 is 0 Å². The minimum atomic E-state index is 0.514. The van der Waals surface area contributed by atoms with Crippen molar-refractivity contribution in [1.29, 1.82) is 0 Å². The summed E-state index contributed by atoms with van der Waals surface area (Å²) in [4.78, 5) is 0. The van der Waals surface area contributed by atoms with E-state index in [1.165, 1.54) is 6.42 Å². The molecule has 0 spiro atoms. The Balaban J connectivity index is 2.33. The summed E-state index contributed by atoms with van der Waals surface area (Å²) in [6.07, 6.45) is 1.77. The van der Waals surface area contributed by atoms with Crippen LogP contribution in [0.2, 0.25) is 0 Å². The van der Waals surface area contributed by atoms with E-state index in [4.69, 9.17) is 4.74 Å². The Morgan fingerprint density at radius 3 is 2.29 bits per heavy atom. The van der Waals surface area contributed by atoms with Crippen molar-refractivity contribution in [2.24, 2.45) is 5.92 Å². The average Bonchev–Trinajstić information content (AvgIpc) is 1.91. The summed E-state index contributed by atoms with van der Waals surface area (Å²) in [6, 6.07) is 0. The third kappa shape index (κ3) is 0.942. The SMILES string of the molecule is CC1CCO[C@H]1C. The van der Waals surface area contributed by atoms with E-state index in [2.05, 4.69) is 13.8 Å². The molecule has 0 N–H and O–H groups in total. The summed E-state index contributed by atoms with van der Waals surface area (Å²) >= 11 is 0. The topological polar surface area (TPSA) is 9.23 Å². The van der Waals surface area contributed by atoms with E-state index in [1.54, 1.807) is 0 Å². The number of rotatable bonds is 0. The first-order chi connectivity index (χ1) is 3.30. The highest BCUT2D eigenvalue weighted by Crippen LogP contribution is 2.18. The third-order valence-corrected chi connectivity index (χ3v) is 1.76. The van der Waals surface area contributed by atoms with Crippen LogP contribution in [0.5, 0.6) is 0 Å². The van der Waals surface area contributed by atoms with Gasteiger partial charge in [-0.05, 0) is 19.3 Å². The maximum absolute atomic E-state index is 5.27. The van der Waals surface area contributed by atoms with Crippen LogP contribution in [0.25, 0.3) is 0 Å². The highest BCUT2D eigenvalue weighted by molar-refractivity contribution is 4.66. The molecular weight excluding hydrogens is 88.1 g/mol. The van der Waals surface area contributed by atoms with Gasteiger partial charge in [0.05, 0.1) is 6.10 Å². The summed E-state index contributed by atoms with van der Waals surface area (Å²) in [6.45, 7) is 5.34. The highest BCUT2D eigenvalue weighted by Gasteiger charge is 2.18. The summed E-state index contributed by atoms with van der Waals surface area (Å²) in [5, 5.41) is 0. The second kappa shape index (κ2) is 1.83. The second-order valence-electron chi connectivity index (χ2n) is 2.34. The molecule has 1 aliphatic rings. The zero-order valence-electron chi connectivity index (χ0n) is 4.98. The molecule has 7 heavy (non-hydrogen) atoms. The van der Waals surface area contributed by atoms with Crippen molar-refractivity contribution >= 4 is 0 Å². The van der Waals surface area contributed by atoms with E-state index in [-0.39, 0.29) is 0 Å². The largest absolute Gasteiger partial charge is 0.378 e. The van der Waals surface area contributed by atoms with Gasteiger partial charge in [-0.1, -0.05) is 6.92 Å². The van der Waals surface area contributed by atoms with Crippen LogP contribution in [0.3, 0.4) is 0 Å². The number of hydrogen-bond donors (Lipinski definition) is 0. The second-order valence-corrected chi connectivity index (χ2v) is 2.34. The normalized spacial score (nSPS) is 42.0. The van der Waals surface area contributed by atoms with Crippen molar-refractivity contribution < 1.29 is 4.74 Å². The van der Waals surface area contributed by atoms with Crippen molar-refractivity contribution in [1.82, 2.24) is 0 Å². The minimum absolute atomic E-state index is 0.514. The van der Waals surface area contributed by atoms with E-state index in [0.29, 0.717) is 6.10 Å². The van der Waals surface area contributed by atoms with E-state index < -0.39 is 0 Å². The van der Waals surface area contributed by atoms with Gasteiger partial charge in [0.25, 0.3) is 0 Å². The van der Waals surface area contributed by atoms with E-state index >= 15 is 0 Å². The molecule has 1 fully saturated rings. The summed E-state index contributed by atoms with van der Waals surface area (Å²) in [5.74, 6) is 0.792. The number of ether oxygens (including phenoxy) is 1. The van der Waals surface area contributed by atoms with Crippen molar-refractivity contribution in [3.8, 4) is 0 Å². The van der Waals surface area contributed by atoms with Crippen molar-refractivity contribution in [3.05, 3.63) is 0 Å². The molecule has 1 unspecified atom stereocenters. The van der Waals surface area contributed by atoms with Crippen LogP contribution >= 0.6 is 0 Å². The van der Waals surface area contributed by atoms with Gasteiger partial charge in [0.2, 0.25) is 0 Å². The molecule has 1 heterocycles. The first-order valence-corrected chi connectivity index (χ1v) is 2.92. The lowest BCUT2D eigenvalue weighted by Gasteiger charge is -2.04. The summed E-state index contributed by atoms with van der Waals surface area (Å²) in [5.41, 5.74) is 0. The monoisotopic (exact) mass is 100 g/mol. The van der Waals surface area contributed by atoms with E-state index in [9.17, 15) is 0 Å². The lowest BCUT2D eigenvalue weighted by molar-refractivity contribution is 0.109. The molecule has 0 saturated carbocycles. The first kappa shape index (κ1) is 5.10. The molecule has 1 nitrogen and oxygen atoms in total. The fourth-order valence-electron chi connectivity index (χ4n) is 0.839. The average molecular weight is 100 g/mol. The van der Waals surface area contributed by atoms with Crippen molar-refractivity contribution in [2.75, 3.05) is 6.61 Å². The maximum atomic E-state index is 5.27. The fourth-order valence-corrected chi connectivity index (χ4v) is 0.839. The smallest absolute Gasteiger partial charge is 0.0573 e. The molecule has 1 aliphatic heterocycles. The molecule has 1 heteroatoms. The zero-order valence-corrected chi connectivity index (χ0v) is 4.98. The van der Waals surface area contributed by atoms with Crippen molar-refractivity contribution in [2.45, 2.75) is 26.4 Å². The third-order valence-electron chi connectivity index (χ3n) is 1.76. The summed E-state index contributed by atoms with van der Waals surface area (Å²) < 4.78 is 5.27.